The van der Waals surface area contributed by atoms with E-state index in [-0.39, 0.29) is 0 Å². The molecule has 1 saturated heterocycles. The van der Waals surface area contributed by atoms with E-state index >= 15 is 0 Å². The molecule has 0 unspecified atom stereocenters. The maximum Gasteiger partial charge on any atom is 0.0868 e. The van der Waals surface area contributed by atoms with Crippen molar-refractivity contribution in [2.45, 2.75) is 12.8 Å². The highest BCUT2D eigenvalue weighted by Crippen LogP contribution is 2.32. The lowest BCUT2D eigenvalue weighted by atomic mass is 10.2. The fourth-order valence-electron chi connectivity index (χ4n) is 1.74. The molecule has 0 aromatic heterocycles. The van der Waals surface area contributed by atoms with Crippen LogP contribution in [0.4, 0.5) is 11.4 Å². The summed E-state index contributed by atoms with van der Waals surface area (Å²) in [5, 5.41) is 0.699. The summed E-state index contributed by atoms with van der Waals surface area (Å²) in [7, 11) is 0. The van der Waals surface area contributed by atoms with Crippen LogP contribution in [0.25, 0.3) is 0 Å². The first-order valence-electron chi connectivity index (χ1n) is 4.58. The molecule has 0 aliphatic carbocycles. The van der Waals surface area contributed by atoms with Crippen molar-refractivity contribution < 1.29 is 0 Å². The third-order valence-electron chi connectivity index (χ3n) is 2.45. The number of nitrogens with two attached hydrogens (primary N) is 1. The topological polar surface area (TPSA) is 29.3 Å². The Morgan fingerprint density at radius 3 is 2.62 bits per heavy atom. The van der Waals surface area contributed by atoms with E-state index in [2.05, 4.69) is 4.90 Å². The second kappa shape index (κ2) is 3.46. The predicted molar refractivity (Wildman–Crippen MR) is 57.3 cm³/mol. The highest BCUT2D eigenvalue weighted by atomic mass is 35.5. The van der Waals surface area contributed by atoms with Gasteiger partial charge in [-0.25, -0.2) is 0 Å². The van der Waals surface area contributed by atoms with E-state index in [1.54, 1.807) is 0 Å². The Balaban J connectivity index is 2.33. The van der Waals surface area contributed by atoms with Crippen LogP contribution in [0, 0.1) is 0 Å². The maximum absolute atomic E-state index is 6.11. The molecule has 0 amide bonds. The number of anilines is 2. The summed E-state index contributed by atoms with van der Waals surface area (Å²) >= 11 is 6.11. The summed E-state index contributed by atoms with van der Waals surface area (Å²) in [5.41, 5.74) is 7.48. The minimum atomic E-state index is 0.672. The van der Waals surface area contributed by atoms with Gasteiger partial charge in [-0.15, -0.1) is 0 Å². The monoisotopic (exact) mass is 196 g/mol. The zero-order valence-corrected chi connectivity index (χ0v) is 8.22. The average Bonchev–Trinajstić information content (AvgIpc) is 2.62. The van der Waals surface area contributed by atoms with Gasteiger partial charge in [-0.3, -0.25) is 0 Å². The Bertz CT molecular complexity index is 306. The second-order valence-electron chi connectivity index (χ2n) is 3.37. The minimum Gasteiger partial charge on any atom is -0.397 e. The quantitative estimate of drug-likeness (QED) is 0.700. The van der Waals surface area contributed by atoms with E-state index in [1.165, 1.54) is 12.8 Å². The summed E-state index contributed by atoms with van der Waals surface area (Å²) in [6, 6.07) is 5.82. The number of hydrogen-bond donors (Lipinski definition) is 1. The standard InChI is InChI=1S/C10H13ClN2/c11-10-8(12)4-3-5-9(10)13-6-1-2-7-13/h3-5H,1-2,6-7,12H2. The lowest BCUT2D eigenvalue weighted by molar-refractivity contribution is 0.949. The van der Waals surface area contributed by atoms with E-state index in [0.29, 0.717) is 10.7 Å². The van der Waals surface area contributed by atoms with Gasteiger partial charge in [-0.1, -0.05) is 17.7 Å². The van der Waals surface area contributed by atoms with Gasteiger partial charge in [0.1, 0.15) is 0 Å². The third-order valence-corrected chi connectivity index (χ3v) is 2.87. The first-order valence-corrected chi connectivity index (χ1v) is 4.96. The van der Waals surface area contributed by atoms with Crippen LogP contribution in [-0.2, 0) is 0 Å². The van der Waals surface area contributed by atoms with Crippen LogP contribution in [-0.4, -0.2) is 13.1 Å². The van der Waals surface area contributed by atoms with Gasteiger partial charge in [-0.05, 0) is 25.0 Å². The van der Waals surface area contributed by atoms with Gasteiger partial charge in [0.05, 0.1) is 16.4 Å². The Hall–Kier alpha value is -0.890. The van der Waals surface area contributed by atoms with Gasteiger partial charge in [0.25, 0.3) is 0 Å². The van der Waals surface area contributed by atoms with Crippen molar-refractivity contribution in [1.29, 1.82) is 0 Å². The molecule has 13 heavy (non-hydrogen) atoms. The summed E-state index contributed by atoms with van der Waals surface area (Å²) in [5.74, 6) is 0. The number of rotatable bonds is 1. The molecule has 1 aromatic carbocycles. The second-order valence-corrected chi connectivity index (χ2v) is 3.75. The van der Waals surface area contributed by atoms with Crippen LogP contribution in [0.3, 0.4) is 0 Å². The van der Waals surface area contributed by atoms with Crippen LogP contribution >= 0.6 is 11.6 Å². The van der Waals surface area contributed by atoms with Crippen molar-refractivity contribution in [1.82, 2.24) is 0 Å². The van der Waals surface area contributed by atoms with E-state index in [4.69, 9.17) is 17.3 Å². The molecule has 0 bridgehead atoms. The molecular weight excluding hydrogens is 184 g/mol. The molecule has 3 heteroatoms. The fraction of sp³-hybridized carbons (Fsp3) is 0.400. The Kier molecular flexibility index (Phi) is 2.32. The van der Waals surface area contributed by atoms with E-state index in [0.717, 1.165) is 18.8 Å². The van der Waals surface area contributed by atoms with Crippen LogP contribution in [0.1, 0.15) is 12.8 Å². The van der Waals surface area contributed by atoms with Gasteiger partial charge in [-0.2, -0.15) is 0 Å². The van der Waals surface area contributed by atoms with Crippen LogP contribution in [0.15, 0.2) is 18.2 Å². The number of benzene rings is 1. The smallest absolute Gasteiger partial charge is 0.0868 e. The average molecular weight is 197 g/mol. The first-order chi connectivity index (χ1) is 6.29. The lowest BCUT2D eigenvalue weighted by Crippen LogP contribution is -2.18. The van der Waals surface area contributed by atoms with Crippen LogP contribution < -0.4 is 10.6 Å². The number of halogens is 1. The lowest BCUT2D eigenvalue weighted by Gasteiger charge is -2.19. The fourth-order valence-corrected chi connectivity index (χ4v) is 1.98. The molecule has 1 aromatic rings. The molecule has 0 radical (unpaired) electrons. The van der Waals surface area contributed by atoms with Gasteiger partial charge in [0, 0.05) is 13.1 Å². The minimum absolute atomic E-state index is 0.672. The SMILES string of the molecule is Nc1cccc(N2CCCC2)c1Cl. The van der Waals surface area contributed by atoms with E-state index in [1.807, 2.05) is 18.2 Å². The van der Waals surface area contributed by atoms with Crippen molar-refractivity contribution in [2.24, 2.45) is 0 Å². The molecule has 1 aliphatic rings. The molecule has 2 nitrogen and oxygen atoms in total. The van der Waals surface area contributed by atoms with Crippen LogP contribution in [0.2, 0.25) is 5.02 Å². The first kappa shape index (κ1) is 8.70. The van der Waals surface area contributed by atoms with Crippen LogP contribution in [0.5, 0.6) is 0 Å². The van der Waals surface area contributed by atoms with Crippen molar-refractivity contribution in [3.8, 4) is 0 Å². The molecule has 2 rings (SSSR count). The number of nitrogens with zero attached hydrogens (tertiary/aromatic N) is 1. The summed E-state index contributed by atoms with van der Waals surface area (Å²) in [6.45, 7) is 2.20. The van der Waals surface area contributed by atoms with Gasteiger partial charge >= 0.3 is 0 Å². The molecule has 0 spiro atoms. The maximum atomic E-state index is 6.11. The predicted octanol–water partition coefficient (Wildman–Crippen LogP) is 2.52. The molecular formula is C10H13ClN2. The molecule has 1 aliphatic heterocycles. The van der Waals surface area contributed by atoms with Crippen molar-refractivity contribution in [2.75, 3.05) is 23.7 Å². The van der Waals surface area contributed by atoms with Gasteiger partial charge in [0.15, 0.2) is 0 Å². The van der Waals surface area contributed by atoms with Crippen molar-refractivity contribution in [3.05, 3.63) is 23.2 Å². The summed E-state index contributed by atoms with van der Waals surface area (Å²) in [4.78, 5) is 2.29. The van der Waals surface area contributed by atoms with E-state index in [9.17, 15) is 0 Å². The molecule has 70 valence electrons. The number of nitrogen functional groups attached to an aromatic ring is 1. The molecule has 2 N–H and O–H groups in total. The zero-order chi connectivity index (χ0) is 9.26. The van der Waals surface area contributed by atoms with Crippen molar-refractivity contribution >= 4 is 23.0 Å². The highest BCUT2D eigenvalue weighted by Gasteiger charge is 2.15. The molecule has 1 fully saturated rings. The van der Waals surface area contributed by atoms with E-state index < -0.39 is 0 Å². The Morgan fingerprint density at radius 1 is 1.23 bits per heavy atom. The summed E-state index contributed by atoms with van der Waals surface area (Å²) in [6.07, 6.45) is 2.51. The largest absolute Gasteiger partial charge is 0.397 e. The van der Waals surface area contributed by atoms with Crippen molar-refractivity contribution in [3.63, 3.8) is 0 Å². The Labute approximate surface area is 83.3 Å². The highest BCUT2D eigenvalue weighted by molar-refractivity contribution is 6.35. The molecule has 1 heterocycles. The Morgan fingerprint density at radius 2 is 1.92 bits per heavy atom. The number of hydrogen-bond acceptors (Lipinski definition) is 2. The van der Waals surface area contributed by atoms with Gasteiger partial charge < -0.3 is 10.6 Å². The summed E-state index contributed by atoms with van der Waals surface area (Å²) < 4.78 is 0. The zero-order valence-electron chi connectivity index (χ0n) is 7.46. The molecule has 0 saturated carbocycles. The molecule has 0 atom stereocenters. The third kappa shape index (κ3) is 1.59. The normalized spacial score (nSPS) is 16.5. The van der Waals surface area contributed by atoms with Gasteiger partial charge in [0.2, 0.25) is 0 Å².